The van der Waals surface area contributed by atoms with E-state index >= 15 is 0 Å². The van der Waals surface area contributed by atoms with Crippen molar-refractivity contribution >= 4 is 29.3 Å². The fourth-order valence-electron chi connectivity index (χ4n) is 1.81. The molecule has 0 spiro atoms. The average Bonchev–Trinajstić information content (AvgIpc) is 2.55. The first-order chi connectivity index (χ1) is 11.5. The van der Waals surface area contributed by atoms with Gasteiger partial charge in [-0.25, -0.2) is 4.79 Å². The zero-order chi connectivity index (χ0) is 17.5. The minimum Gasteiger partial charge on any atom is -0.488 e. The summed E-state index contributed by atoms with van der Waals surface area (Å²) in [6.45, 7) is 2.30. The van der Waals surface area contributed by atoms with Gasteiger partial charge in [0.2, 0.25) is 0 Å². The van der Waals surface area contributed by atoms with Crippen LogP contribution >= 0.6 is 23.2 Å². The quantitative estimate of drug-likeness (QED) is 0.789. The SMILES string of the molecule is CCOC(=O)NCCOc1cnn(-c2cccc(Cl)c2)c(=O)c1Cl. The lowest BCUT2D eigenvalue weighted by Gasteiger charge is -2.10. The Balaban J connectivity index is 2.05. The summed E-state index contributed by atoms with van der Waals surface area (Å²) in [4.78, 5) is 23.4. The van der Waals surface area contributed by atoms with E-state index < -0.39 is 11.7 Å². The van der Waals surface area contributed by atoms with Gasteiger partial charge < -0.3 is 14.8 Å². The summed E-state index contributed by atoms with van der Waals surface area (Å²) in [5.41, 5.74) is -0.0419. The first-order valence-corrected chi connectivity index (χ1v) is 7.85. The van der Waals surface area contributed by atoms with Crippen molar-refractivity contribution in [3.8, 4) is 11.4 Å². The van der Waals surface area contributed by atoms with Crippen LogP contribution in [0.4, 0.5) is 4.79 Å². The third-order valence-corrected chi connectivity index (χ3v) is 3.43. The largest absolute Gasteiger partial charge is 0.488 e. The van der Waals surface area contributed by atoms with Crippen LogP contribution in [0.3, 0.4) is 0 Å². The van der Waals surface area contributed by atoms with Crippen LogP contribution in [0.25, 0.3) is 5.69 Å². The fourth-order valence-corrected chi connectivity index (χ4v) is 2.17. The van der Waals surface area contributed by atoms with Gasteiger partial charge in [-0.1, -0.05) is 29.3 Å². The summed E-state index contributed by atoms with van der Waals surface area (Å²) in [6, 6.07) is 6.66. The maximum atomic E-state index is 12.3. The molecule has 0 bridgehead atoms. The predicted molar refractivity (Wildman–Crippen MR) is 90.4 cm³/mol. The standard InChI is InChI=1S/C15H15Cl2N3O4/c1-2-23-15(22)18-6-7-24-12-9-19-20(14(21)13(12)17)11-5-3-4-10(16)8-11/h3-5,8-9H,2,6-7H2,1H3,(H,18,22). The predicted octanol–water partition coefficient (Wildman–Crippen LogP) is 2.66. The molecule has 0 unspecified atom stereocenters. The molecule has 0 aliphatic rings. The van der Waals surface area contributed by atoms with E-state index in [1.54, 1.807) is 31.2 Å². The first-order valence-electron chi connectivity index (χ1n) is 7.10. The second-order valence-corrected chi connectivity index (χ2v) is 5.33. The van der Waals surface area contributed by atoms with Crippen molar-refractivity contribution in [3.63, 3.8) is 0 Å². The van der Waals surface area contributed by atoms with Gasteiger partial charge in [0.1, 0.15) is 6.61 Å². The molecule has 0 radical (unpaired) electrons. The van der Waals surface area contributed by atoms with Gasteiger partial charge in [-0.05, 0) is 25.1 Å². The third-order valence-electron chi connectivity index (χ3n) is 2.84. The van der Waals surface area contributed by atoms with E-state index in [0.29, 0.717) is 10.7 Å². The Kier molecular flexibility index (Phi) is 6.45. The number of nitrogens with zero attached hydrogens (tertiary/aromatic N) is 2. The first kappa shape index (κ1) is 18.1. The highest BCUT2D eigenvalue weighted by Crippen LogP contribution is 2.20. The van der Waals surface area contributed by atoms with Gasteiger partial charge in [0.15, 0.2) is 10.8 Å². The van der Waals surface area contributed by atoms with Crippen molar-refractivity contribution in [3.05, 3.63) is 50.9 Å². The molecule has 1 heterocycles. The van der Waals surface area contributed by atoms with E-state index in [1.165, 1.54) is 6.20 Å². The van der Waals surface area contributed by atoms with Crippen LogP contribution in [0.15, 0.2) is 35.3 Å². The van der Waals surface area contributed by atoms with Crippen LogP contribution in [0.5, 0.6) is 5.75 Å². The zero-order valence-electron chi connectivity index (χ0n) is 12.8. The van der Waals surface area contributed by atoms with E-state index in [0.717, 1.165) is 4.68 Å². The van der Waals surface area contributed by atoms with Gasteiger partial charge in [0.05, 0.1) is 25.0 Å². The minimum absolute atomic E-state index is 0.110. The minimum atomic E-state index is -0.540. The molecule has 1 N–H and O–H groups in total. The van der Waals surface area contributed by atoms with Crippen molar-refractivity contribution in [2.45, 2.75) is 6.92 Å². The molecule has 0 saturated carbocycles. The maximum Gasteiger partial charge on any atom is 0.407 e. The molecule has 0 saturated heterocycles. The number of amides is 1. The van der Waals surface area contributed by atoms with E-state index in [4.69, 9.17) is 32.7 Å². The Labute approximate surface area is 148 Å². The van der Waals surface area contributed by atoms with E-state index in [1.807, 2.05) is 0 Å². The summed E-state index contributed by atoms with van der Waals surface area (Å²) in [5, 5.41) is 6.87. The van der Waals surface area contributed by atoms with Crippen molar-refractivity contribution in [1.82, 2.24) is 15.1 Å². The molecule has 128 valence electrons. The molecule has 24 heavy (non-hydrogen) atoms. The van der Waals surface area contributed by atoms with Crippen molar-refractivity contribution in [2.75, 3.05) is 19.8 Å². The molecule has 0 aliphatic heterocycles. The van der Waals surface area contributed by atoms with Crippen LogP contribution < -0.4 is 15.6 Å². The second-order valence-electron chi connectivity index (χ2n) is 4.52. The van der Waals surface area contributed by atoms with Crippen LogP contribution in [0.2, 0.25) is 10.0 Å². The lowest BCUT2D eigenvalue weighted by atomic mass is 10.3. The third kappa shape index (κ3) is 4.62. The molecular weight excluding hydrogens is 357 g/mol. The van der Waals surface area contributed by atoms with Gasteiger partial charge in [-0.15, -0.1) is 0 Å². The maximum absolute atomic E-state index is 12.3. The number of carbonyl (C=O) groups excluding carboxylic acids is 1. The Morgan fingerprint density at radius 1 is 1.38 bits per heavy atom. The van der Waals surface area contributed by atoms with Gasteiger partial charge in [0, 0.05) is 5.02 Å². The number of nitrogens with one attached hydrogen (secondary N) is 1. The number of carbonyl (C=O) groups is 1. The highest BCUT2D eigenvalue weighted by molar-refractivity contribution is 6.32. The number of ether oxygens (including phenoxy) is 2. The summed E-state index contributed by atoms with van der Waals surface area (Å²) in [6.07, 6.45) is 0.788. The summed E-state index contributed by atoms with van der Waals surface area (Å²) in [7, 11) is 0. The Hall–Kier alpha value is -2.25. The molecule has 1 aromatic heterocycles. The smallest absolute Gasteiger partial charge is 0.407 e. The molecule has 2 rings (SSSR count). The summed E-state index contributed by atoms with van der Waals surface area (Å²) in [5.74, 6) is 0.130. The van der Waals surface area contributed by atoms with Gasteiger partial charge >= 0.3 is 6.09 Å². The molecule has 0 atom stereocenters. The van der Waals surface area contributed by atoms with E-state index in [2.05, 4.69) is 10.4 Å². The Bertz CT molecular complexity index is 780. The highest BCUT2D eigenvalue weighted by atomic mass is 35.5. The average molecular weight is 372 g/mol. The lowest BCUT2D eigenvalue weighted by Crippen LogP contribution is -2.29. The molecule has 0 fully saturated rings. The zero-order valence-corrected chi connectivity index (χ0v) is 14.3. The van der Waals surface area contributed by atoms with Gasteiger partial charge in [-0.2, -0.15) is 9.78 Å². The molecule has 7 nitrogen and oxygen atoms in total. The highest BCUT2D eigenvalue weighted by Gasteiger charge is 2.12. The number of benzene rings is 1. The molecule has 2 aromatic rings. The fraction of sp³-hybridized carbons (Fsp3) is 0.267. The van der Waals surface area contributed by atoms with Crippen molar-refractivity contribution < 1.29 is 14.3 Å². The van der Waals surface area contributed by atoms with Crippen LogP contribution in [-0.4, -0.2) is 35.6 Å². The lowest BCUT2D eigenvalue weighted by molar-refractivity contribution is 0.150. The number of rotatable bonds is 6. The second kappa shape index (κ2) is 8.56. The van der Waals surface area contributed by atoms with Gasteiger partial charge in [0.25, 0.3) is 5.56 Å². The van der Waals surface area contributed by atoms with Crippen molar-refractivity contribution in [1.29, 1.82) is 0 Å². The molecule has 9 heteroatoms. The summed E-state index contributed by atoms with van der Waals surface area (Å²) < 4.78 is 11.2. The number of aromatic nitrogens is 2. The molecule has 1 aromatic carbocycles. The van der Waals surface area contributed by atoms with Crippen LogP contribution in [0, 0.1) is 0 Å². The van der Waals surface area contributed by atoms with Crippen molar-refractivity contribution in [2.24, 2.45) is 0 Å². The molecular formula is C15H15Cl2N3O4. The monoisotopic (exact) mass is 371 g/mol. The number of hydrogen-bond donors (Lipinski definition) is 1. The van der Waals surface area contributed by atoms with Crippen LogP contribution in [-0.2, 0) is 4.74 Å². The van der Waals surface area contributed by atoms with E-state index in [-0.39, 0.29) is 30.5 Å². The molecule has 0 aliphatic carbocycles. The molecule has 1 amide bonds. The Morgan fingerprint density at radius 2 is 2.17 bits per heavy atom. The number of halogens is 2. The Morgan fingerprint density at radius 3 is 2.88 bits per heavy atom. The number of alkyl carbamates (subject to hydrolysis) is 1. The van der Waals surface area contributed by atoms with Crippen LogP contribution in [0.1, 0.15) is 6.92 Å². The normalized spacial score (nSPS) is 10.3. The number of hydrogen-bond acceptors (Lipinski definition) is 5. The summed E-state index contributed by atoms with van der Waals surface area (Å²) >= 11 is 11.9. The van der Waals surface area contributed by atoms with E-state index in [9.17, 15) is 9.59 Å². The van der Waals surface area contributed by atoms with Gasteiger partial charge in [-0.3, -0.25) is 4.79 Å². The topological polar surface area (TPSA) is 82.4 Å².